The molecule has 0 spiro atoms. The number of hydrogen-bond acceptors (Lipinski definition) is 1. The standard InChI is InChI=1S/C15H22FN/c1-3-8-17-11-13-10-15(13,2)9-12-6-4-5-7-14(12)16/h4-7,13,17H,3,8-11H2,1-2H3. The highest BCUT2D eigenvalue weighted by Gasteiger charge is 2.49. The van der Waals surface area contributed by atoms with E-state index in [1.54, 1.807) is 12.1 Å². The number of halogens is 1. The fraction of sp³-hybridized carbons (Fsp3) is 0.600. The lowest BCUT2D eigenvalue weighted by atomic mass is 9.95. The first-order valence-corrected chi connectivity index (χ1v) is 6.60. The Morgan fingerprint density at radius 1 is 1.41 bits per heavy atom. The van der Waals surface area contributed by atoms with E-state index in [0.29, 0.717) is 11.3 Å². The molecule has 2 rings (SSSR count). The SMILES string of the molecule is CCCNCC1CC1(C)Cc1ccccc1F. The first kappa shape index (κ1) is 12.6. The van der Waals surface area contributed by atoms with Crippen LogP contribution in [0.1, 0.15) is 32.3 Å². The van der Waals surface area contributed by atoms with Gasteiger partial charge in [0.15, 0.2) is 0 Å². The van der Waals surface area contributed by atoms with Gasteiger partial charge in [0, 0.05) is 0 Å². The minimum Gasteiger partial charge on any atom is -0.316 e. The van der Waals surface area contributed by atoms with Crippen molar-refractivity contribution in [1.82, 2.24) is 5.32 Å². The minimum absolute atomic E-state index is 0.0547. The summed E-state index contributed by atoms with van der Waals surface area (Å²) in [6.07, 6.45) is 3.27. The van der Waals surface area contributed by atoms with Gasteiger partial charge in [-0.1, -0.05) is 32.0 Å². The molecular formula is C15H22FN. The van der Waals surface area contributed by atoms with Gasteiger partial charge in [-0.2, -0.15) is 0 Å². The van der Waals surface area contributed by atoms with Crippen molar-refractivity contribution in [1.29, 1.82) is 0 Å². The normalized spacial score (nSPS) is 27.1. The van der Waals surface area contributed by atoms with Gasteiger partial charge >= 0.3 is 0 Å². The Balaban J connectivity index is 1.86. The molecule has 0 amide bonds. The van der Waals surface area contributed by atoms with E-state index in [2.05, 4.69) is 19.2 Å². The zero-order valence-electron chi connectivity index (χ0n) is 10.8. The molecule has 1 fully saturated rings. The summed E-state index contributed by atoms with van der Waals surface area (Å²) in [5.74, 6) is 0.662. The van der Waals surface area contributed by atoms with Crippen LogP contribution in [0.25, 0.3) is 0 Å². The van der Waals surface area contributed by atoms with E-state index in [4.69, 9.17) is 0 Å². The van der Waals surface area contributed by atoms with Gasteiger partial charge in [0.05, 0.1) is 0 Å². The molecule has 1 saturated carbocycles. The predicted molar refractivity (Wildman–Crippen MR) is 69.5 cm³/mol. The van der Waals surface area contributed by atoms with Crippen LogP contribution in [0, 0.1) is 17.2 Å². The van der Waals surface area contributed by atoms with E-state index in [-0.39, 0.29) is 5.82 Å². The van der Waals surface area contributed by atoms with Crippen molar-refractivity contribution in [2.45, 2.75) is 33.1 Å². The van der Waals surface area contributed by atoms with Gasteiger partial charge in [0.1, 0.15) is 5.82 Å². The average Bonchev–Trinajstić information content (AvgIpc) is 2.93. The lowest BCUT2D eigenvalue weighted by Crippen LogP contribution is -2.20. The van der Waals surface area contributed by atoms with E-state index in [9.17, 15) is 4.39 Å². The number of nitrogens with one attached hydrogen (secondary N) is 1. The quantitative estimate of drug-likeness (QED) is 0.745. The smallest absolute Gasteiger partial charge is 0.126 e. The molecule has 2 unspecified atom stereocenters. The van der Waals surface area contributed by atoms with Crippen molar-refractivity contribution in [2.75, 3.05) is 13.1 Å². The molecule has 2 heteroatoms. The molecule has 0 heterocycles. The molecule has 17 heavy (non-hydrogen) atoms. The zero-order valence-corrected chi connectivity index (χ0v) is 10.8. The molecule has 0 aromatic heterocycles. The lowest BCUT2D eigenvalue weighted by molar-refractivity contribution is 0.464. The van der Waals surface area contributed by atoms with E-state index in [1.165, 1.54) is 12.8 Å². The summed E-state index contributed by atoms with van der Waals surface area (Å²) in [5, 5.41) is 3.46. The molecule has 1 aromatic carbocycles. The summed E-state index contributed by atoms with van der Waals surface area (Å²) >= 11 is 0. The van der Waals surface area contributed by atoms with Crippen LogP contribution >= 0.6 is 0 Å². The Morgan fingerprint density at radius 2 is 2.18 bits per heavy atom. The maximum Gasteiger partial charge on any atom is 0.126 e. The van der Waals surface area contributed by atoms with E-state index in [1.807, 2.05) is 12.1 Å². The Bertz CT molecular complexity index is 377. The van der Waals surface area contributed by atoms with Crippen LogP contribution in [0.2, 0.25) is 0 Å². The Hall–Kier alpha value is -0.890. The number of hydrogen-bond donors (Lipinski definition) is 1. The molecule has 1 aliphatic carbocycles. The van der Waals surface area contributed by atoms with E-state index >= 15 is 0 Å². The number of rotatable bonds is 6. The maximum atomic E-state index is 13.6. The summed E-state index contributed by atoms with van der Waals surface area (Å²) in [6.45, 7) is 6.63. The van der Waals surface area contributed by atoms with Crippen molar-refractivity contribution in [2.24, 2.45) is 11.3 Å². The van der Waals surface area contributed by atoms with Gasteiger partial charge in [0.2, 0.25) is 0 Å². The van der Waals surface area contributed by atoms with Crippen LogP contribution in [0.5, 0.6) is 0 Å². The third kappa shape index (κ3) is 3.06. The molecule has 0 radical (unpaired) electrons. The molecular weight excluding hydrogens is 213 g/mol. The van der Waals surface area contributed by atoms with Crippen molar-refractivity contribution >= 4 is 0 Å². The van der Waals surface area contributed by atoms with Crippen LogP contribution in [0.3, 0.4) is 0 Å². The summed E-state index contributed by atoms with van der Waals surface area (Å²) < 4.78 is 13.6. The second kappa shape index (κ2) is 5.18. The van der Waals surface area contributed by atoms with Crippen LogP contribution in [0.4, 0.5) is 4.39 Å². The molecule has 1 aliphatic rings. The van der Waals surface area contributed by atoms with Crippen LogP contribution in [-0.2, 0) is 6.42 Å². The van der Waals surface area contributed by atoms with Crippen LogP contribution in [0.15, 0.2) is 24.3 Å². The second-order valence-corrected chi connectivity index (χ2v) is 5.53. The van der Waals surface area contributed by atoms with Crippen LogP contribution in [-0.4, -0.2) is 13.1 Å². The summed E-state index contributed by atoms with van der Waals surface area (Å²) in [5.41, 5.74) is 1.18. The maximum absolute atomic E-state index is 13.6. The zero-order chi connectivity index (χ0) is 12.3. The Labute approximate surface area is 103 Å². The van der Waals surface area contributed by atoms with Gasteiger partial charge in [-0.25, -0.2) is 4.39 Å². The average molecular weight is 235 g/mol. The van der Waals surface area contributed by atoms with Crippen molar-refractivity contribution in [3.05, 3.63) is 35.6 Å². The first-order valence-electron chi connectivity index (χ1n) is 6.60. The highest BCUT2D eigenvalue weighted by atomic mass is 19.1. The van der Waals surface area contributed by atoms with Crippen LogP contribution < -0.4 is 5.32 Å². The molecule has 1 aromatic rings. The third-order valence-corrected chi connectivity index (χ3v) is 3.91. The molecule has 0 saturated heterocycles. The summed E-state index contributed by atoms with van der Waals surface area (Å²) in [4.78, 5) is 0. The Morgan fingerprint density at radius 3 is 2.88 bits per heavy atom. The van der Waals surface area contributed by atoms with Gasteiger partial charge < -0.3 is 5.32 Å². The van der Waals surface area contributed by atoms with E-state index in [0.717, 1.165) is 25.1 Å². The minimum atomic E-state index is -0.0547. The van der Waals surface area contributed by atoms with Crippen molar-refractivity contribution in [3.63, 3.8) is 0 Å². The molecule has 0 aliphatic heterocycles. The van der Waals surface area contributed by atoms with Gasteiger partial charge in [-0.05, 0) is 55.3 Å². The first-order chi connectivity index (χ1) is 8.15. The largest absolute Gasteiger partial charge is 0.316 e. The molecule has 0 bridgehead atoms. The van der Waals surface area contributed by atoms with Gasteiger partial charge in [0.25, 0.3) is 0 Å². The highest BCUT2D eigenvalue weighted by molar-refractivity contribution is 5.21. The second-order valence-electron chi connectivity index (χ2n) is 5.53. The van der Waals surface area contributed by atoms with E-state index < -0.39 is 0 Å². The molecule has 1 nitrogen and oxygen atoms in total. The molecule has 94 valence electrons. The summed E-state index contributed by atoms with van der Waals surface area (Å²) in [7, 11) is 0. The van der Waals surface area contributed by atoms with Crippen molar-refractivity contribution in [3.8, 4) is 0 Å². The fourth-order valence-electron chi connectivity index (χ4n) is 2.57. The summed E-state index contributed by atoms with van der Waals surface area (Å²) in [6, 6.07) is 7.16. The third-order valence-electron chi connectivity index (χ3n) is 3.91. The fourth-order valence-corrected chi connectivity index (χ4v) is 2.57. The lowest BCUT2D eigenvalue weighted by Gasteiger charge is -2.12. The highest BCUT2D eigenvalue weighted by Crippen LogP contribution is 2.54. The molecule has 1 N–H and O–H groups in total. The molecule has 2 atom stereocenters. The van der Waals surface area contributed by atoms with Gasteiger partial charge in [-0.15, -0.1) is 0 Å². The Kier molecular flexibility index (Phi) is 3.82. The monoisotopic (exact) mass is 235 g/mol. The van der Waals surface area contributed by atoms with Crippen molar-refractivity contribution < 1.29 is 4.39 Å². The number of benzene rings is 1. The van der Waals surface area contributed by atoms with Gasteiger partial charge in [-0.3, -0.25) is 0 Å². The topological polar surface area (TPSA) is 12.0 Å². The predicted octanol–water partition coefficient (Wildman–Crippen LogP) is 3.39.